The van der Waals surface area contributed by atoms with Crippen LogP contribution in [0.4, 0.5) is 5.69 Å². The number of hydrogen-bond acceptors (Lipinski definition) is 5. The number of aliphatic imine (C=N–C) groups is 1. The van der Waals surface area contributed by atoms with Gasteiger partial charge in [0.15, 0.2) is 0 Å². The molecule has 7 heteroatoms. The zero-order valence-corrected chi connectivity index (χ0v) is 16.9. The van der Waals surface area contributed by atoms with E-state index in [-0.39, 0.29) is 0 Å². The largest absolute Gasteiger partial charge is 0.443 e. The molecule has 0 N–H and O–H groups in total. The van der Waals surface area contributed by atoms with Crippen molar-refractivity contribution >= 4 is 35.2 Å². The van der Waals surface area contributed by atoms with Crippen LogP contribution in [0.3, 0.4) is 0 Å². The summed E-state index contributed by atoms with van der Waals surface area (Å²) in [6.07, 6.45) is 3.52. The molecule has 0 amide bonds. The number of nitriles is 1. The molecule has 1 aliphatic carbocycles. The van der Waals surface area contributed by atoms with E-state index in [0.29, 0.717) is 22.1 Å². The average molecular weight is 389 g/mol. The summed E-state index contributed by atoms with van der Waals surface area (Å²) >= 11 is 7.62. The summed E-state index contributed by atoms with van der Waals surface area (Å²) in [4.78, 5) is 6.07. The van der Waals surface area contributed by atoms with Gasteiger partial charge in [0.25, 0.3) is 0 Å². The highest BCUT2D eigenvalue weighted by Crippen LogP contribution is 2.54. The molecule has 0 radical (unpaired) electrons. The van der Waals surface area contributed by atoms with Gasteiger partial charge < -0.3 is 9.64 Å². The third-order valence-electron chi connectivity index (χ3n) is 4.47. The van der Waals surface area contributed by atoms with E-state index in [1.165, 1.54) is 11.5 Å². The summed E-state index contributed by atoms with van der Waals surface area (Å²) in [6.45, 7) is 6.93. The molecule has 1 heterocycles. The number of alkyl halides is 1. The fourth-order valence-corrected chi connectivity index (χ4v) is 3.54. The lowest BCUT2D eigenvalue weighted by molar-refractivity contribution is 0.490. The third kappa shape index (κ3) is 3.69. The zero-order chi connectivity index (χ0) is 18.9. The van der Waals surface area contributed by atoms with Crippen molar-refractivity contribution < 1.29 is 4.74 Å². The minimum absolute atomic E-state index is 0.450. The number of rotatable bonds is 6. The lowest BCUT2D eigenvalue weighted by Gasteiger charge is -2.12. The maximum atomic E-state index is 9.52. The maximum absolute atomic E-state index is 9.52. The van der Waals surface area contributed by atoms with Crippen molar-refractivity contribution in [2.75, 3.05) is 13.6 Å². The SMILES string of the molecule is CCN(C)C=Nc1cc(C)c(Oc2snc(C3(Cl)CC3)c2C#N)cc1C. The number of aryl methyl sites for hydroxylation is 2. The Morgan fingerprint density at radius 3 is 2.77 bits per heavy atom. The van der Waals surface area contributed by atoms with E-state index in [2.05, 4.69) is 22.4 Å². The van der Waals surface area contributed by atoms with Crippen molar-refractivity contribution in [1.82, 2.24) is 9.27 Å². The number of benzene rings is 1. The van der Waals surface area contributed by atoms with Crippen LogP contribution in [0.5, 0.6) is 10.8 Å². The summed E-state index contributed by atoms with van der Waals surface area (Å²) < 4.78 is 10.4. The highest BCUT2D eigenvalue weighted by molar-refractivity contribution is 7.08. The number of nitrogens with zero attached hydrogens (tertiary/aromatic N) is 4. The van der Waals surface area contributed by atoms with Crippen LogP contribution in [-0.4, -0.2) is 29.2 Å². The topological polar surface area (TPSA) is 61.5 Å². The van der Waals surface area contributed by atoms with E-state index >= 15 is 0 Å². The summed E-state index contributed by atoms with van der Waals surface area (Å²) in [5.74, 6) is 0.705. The smallest absolute Gasteiger partial charge is 0.218 e. The molecule has 0 aliphatic heterocycles. The Kier molecular flexibility index (Phi) is 5.22. The van der Waals surface area contributed by atoms with Gasteiger partial charge in [0, 0.05) is 25.1 Å². The third-order valence-corrected chi connectivity index (χ3v) is 5.76. The monoisotopic (exact) mass is 388 g/mol. The van der Waals surface area contributed by atoms with Gasteiger partial charge in [0.2, 0.25) is 5.06 Å². The molecule has 1 aliphatic rings. The summed E-state index contributed by atoms with van der Waals surface area (Å²) in [6, 6.07) is 6.14. The first-order valence-electron chi connectivity index (χ1n) is 8.50. The van der Waals surface area contributed by atoms with Crippen molar-refractivity contribution in [3.05, 3.63) is 34.5 Å². The van der Waals surface area contributed by atoms with E-state index in [4.69, 9.17) is 16.3 Å². The first-order chi connectivity index (χ1) is 12.4. The quantitative estimate of drug-likeness (QED) is 0.384. The van der Waals surface area contributed by atoms with Gasteiger partial charge in [-0.1, -0.05) is 0 Å². The summed E-state index contributed by atoms with van der Waals surface area (Å²) in [7, 11) is 1.98. The molecule has 0 unspecified atom stereocenters. The fraction of sp³-hybridized carbons (Fsp3) is 0.421. The normalized spacial score (nSPS) is 15.1. The van der Waals surface area contributed by atoms with Crippen LogP contribution >= 0.6 is 23.1 Å². The average Bonchev–Trinajstić information content (AvgIpc) is 3.23. The number of ether oxygens (including phenoxy) is 1. The molecule has 2 aromatic rings. The van der Waals surface area contributed by atoms with E-state index < -0.39 is 4.87 Å². The molecule has 1 fully saturated rings. The van der Waals surface area contributed by atoms with Gasteiger partial charge in [-0.3, -0.25) is 0 Å². The Morgan fingerprint density at radius 2 is 2.15 bits per heavy atom. The molecule has 1 saturated carbocycles. The van der Waals surface area contributed by atoms with Crippen molar-refractivity contribution in [2.45, 2.75) is 38.5 Å². The molecule has 0 atom stereocenters. The molecule has 5 nitrogen and oxygen atoms in total. The zero-order valence-electron chi connectivity index (χ0n) is 15.3. The molecule has 0 bridgehead atoms. The van der Waals surface area contributed by atoms with Gasteiger partial charge in [-0.15, -0.1) is 11.6 Å². The lowest BCUT2D eigenvalue weighted by Crippen LogP contribution is -2.14. The number of halogens is 1. The van der Waals surface area contributed by atoms with Gasteiger partial charge in [0.05, 0.1) is 22.6 Å². The molecule has 0 saturated heterocycles. The summed E-state index contributed by atoms with van der Waals surface area (Å²) in [5, 5.41) is 10.0. The first-order valence-corrected chi connectivity index (χ1v) is 9.65. The molecule has 3 rings (SSSR count). The highest BCUT2D eigenvalue weighted by atomic mass is 35.5. The number of hydrogen-bond donors (Lipinski definition) is 0. The fourth-order valence-electron chi connectivity index (χ4n) is 2.46. The number of aromatic nitrogens is 1. The molecule has 26 heavy (non-hydrogen) atoms. The molecular formula is C19H21ClN4OS. The van der Waals surface area contributed by atoms with Crippen LogP contribution in [0, 0.1) is 25.2 Å². The van der Waals surface area contributed by atoms with E-state index in [1.54, 1.807) is 0 Å². The first kappa shape index (κ1) is 18.7. The Labute approximate surface area is 163 Å². The second kappa shape index (κ2) is 7.26. The van der Waals surface area contributed by atoms with Gasteiger partial charge in [-0.2, -0.15) is 9.64 Å². The standard InChI is InChI=1S/C19H21ClN4OS/c1-5-24(4)11-22-15-8-13(3)16(9-12(15)2)25-18-14(10-21)17(23-26-18)19(20)6-7-19/h8-9,11H,5-7H2,1-4H3. The van der Waals surface area contributed by atoms with E-state index in [0.717, 1.165) is 36.2 Å². The molecule has 1 aromatic heterocycles. The predicted molar refractivity (Wildman–Crippen MR) is 106 cm³/mol. The van der Waals surface area contributed by atoms with E-state index in [9.17, 15) is 5.26 Å². The van der Waals surface area contributed by atoms with Crippen LogP contribution in [0.2, 0.25) is 0 Å². The summed E-state index contributed by atoms with van der Waals surface area (Å²) in [5.41, 5.74) is 3.96. The van der Waals surface area contributed by atoms with Gasteiger partial charge in [-0.25, -0.2) is 4.99 Å². The van der Waals surface area contributed by atoms with Crippen LogP contribution in [0.25, 0.3) is 0 Å². The predicted octanol–water partition coefficient (Wildman–Crippen LogP) is 5.26. The molecular weight excluding hydrogens is 368 g/mol. The molecule has 136 valence electrons. The Morgan fingerprint density at radius 1 is 1.42 bits per heavy atom. The Hall–Kier alpha value is -2.10. The lowest BCUT2D eigenvalue weighted by atomic mass is 10.1. The highest BCUT2D eigenvalue weighted by Gasteiger charge is 2.47. The van der Waals surface area contributed by atoms with Gasteiger partial charge in [-0.05, 0) is 56.9 Å². The van der Waals surface area contributed by atoms with Crippen molar-refractivity contribution in [1.29, 1.82) is 5.26 Å². The Bertz CT molecular complexity index is 896. The van der Waals surface area contributed by atoms with Gasteiger partial charge in [0.1, 0.15) is 17.4 Å². The van der Waals surface area contributed by atoms with Crippen molar-refractivity contribution in [3.8, 4) is 16.9 Å². The van der Waals surface area contributed by atoms with Gasteiger partial charge >= 0.3 is 0 Å². The van der Waals surface area contributed by atoms with Crippen LogP contribution in [-0.2, 0) is 4.87 Å². The molecule has 1 aromatic carbocycles. The Balaban J connectivity index is 1.87. The maximum Gasteiger partial charge on any atom is 0.218 e. The van der Waals surface area contributed by atoms with Crippen LogP contribution < -0.4 is 4.74 Å². The van der Waals surface area contributed by atoms with Crippen LogP contribution in [0.15, 0.2) is 17.1 Å². The minimum Gasteiger partial charge on any atom is -0.443 e. The van der Waals surface area contributed by atoms with Crippen molar-refractivity contribution in [2.24, 2.45) is 4.99 Å². The van der Waals surface area contributed by atoms with Crippen molar-refractivity contribution in [3.63, 3.8) is 0 Å². The minimum atomic E-state index is -0.474. The van der Waals surface area contributed by atoms with Crippen LogP contribution in [0.1, 0.15) is 42.1 Å². The van der Waals surface area contributed by atoms with E-state index in [1.807, 2.05) is 44.3 Å². The molecule has 0 spiro atoms. The second-order valence-corrected chi connectivity index (χ2v) is 8.05. The second-order valence-electron chi connectivity index (χ2n) is 6.59.